The second kappa shape index (κ2) is 4.27. The highest BCUT2D eigenvalue weighted by atomic mass is 16.1. The van der Waals surface area contributed by atoms with Crippen molar-refractivity contribution in [2.75, 3.05) is 6.54 Å². The first-order valence-corrected chi connectivity index (χ1v) is 3.87. The van der Waals surface area contributed by atoms with Crippen LogP contribution in [0.25, 0.3) is 0 Å². The Morgan fingerprint density at radius 3 is 3.08 bits per heavy atom. The van der Waals surface area contributed by atoms with Gasteiger partial charge in [-0.1, -0.05) is 5.92 Å². The summed E-state index contributed by atoms with van der Waals surface area (Å²) in [6.07, 6.45) is 8.21. The molecule has 13 heavy (non-hydrogen) atoms. The second-order valence-electron chi connectivity index (χ2n) is 2.64. The third-order valence-corrected chi connectivity index (χ3v) is 1.49. The number of rotatable bonds is 2. The van der Waals surface area contributed by atoms with Crippen LogP contribution in [0, 0.1) is 19.3 Å². The van der Waals surface area contributed by atoms with Gasteiger partial charge in [-0.3, -0.25) is 9.78 Å². The third-order valence-electron chi connectivity index (χ3n) is 1.49. The first-order chi connectivity index (χ1) is 6.24. The molecule has 1 aromatic heterocycles. The molecule has 66 valence electrons. The molecule has 0 aliphatic carbocycles. The van der Waals surface area contributed by atoms with E-state index in [2.05, 4.69) is 16.2 Å². The monoisotopic (exact) mass is 174 g/mol. The van der Waals surface area contributed by atoms with Gasteiger partial charge in [0.25, 0.3) is 5.91 Å². The number of terminal acetylenes is 1. The van der Waals surface area contributed by atoms with Crippen LogP contribution in [0.5, 0.6) is 0 Å². The van der Waals surface area contributed by atoms with Gasteiger partial charge in [0, 0.05) is 12.4 Å². The van der Waals surface area contributed by atoms with Gasteiger partial charge in [-0.05, 0) is 18.6 Å². The predicted octanol–water partition coefficient (Wildman–Crippen LogP) is 0.753. The van der Waals surface area contributed by atoms with Crippen LogP contribution in [0.2, 0.25) is 0 Å². The number of pyridine rings is 1. The fourth-order valence-electron chi connectivity index (χ4n) is 0.913. The lowest BCUT2D eigenvalue weighted by Crippen LogP contribution is -2.23. The lowest BCUT2D eigenvalue weighted by Gasteiger charge is -2.00. The van der Waals surface area contributed by atoms with Crippen LogP contribution in [-0.2, 0) is 0 Å². The van der Waals surface area contributed by atoms with Crippen molar-refractivity contribution in [3.63, 3.8) is 0 Å². The molecule has 0 radical (unpaired) electrons. The van der Waals surface area contributed by atoms with E-state index < -0.39 is 0 Å². The maximum Gasteiger partial charge on any atom is 0.253 e. The molecule has 1 amide bonds. The first-order valence-electron chi connectivity index (χ1n) is 3.87. The average molecular weight is 174 g/mol. The minimum absolute atomic E-state index is 0.186. The Bertz CT molecular complexity index is 352. The van der Waals surface area contributed by atoms with E-state index >= 15 is 0 Å². The third kappa shape index (κ3) is 2.60. The van der Waals surface area contributed by atoms with Crippen LogP contribution in [0.1, 0.15) is 15.9 Å². The van der Waals surface area contributed by atoms with Crippen molar-refractivity contribution < 1.29 is 4.79 Å². The van der Waals surface area contributed by atoms with Gasteiger partial charge in [-0.25, -0.2) is 0 Å². The van der Waals surface area contributed by atoms with Gasteiger partial charge in [0.05, 0.1) is 12.1 Å². The molecule has 0 spiro atoms. The Kier molecular flexibility index (Phi) is 3.04. The molecule has 0 saturated heterocycles. The Morgan fingerprint density at radius 1 is 1.69 bits per heavy atom. The number of carbonyl (C=O) groups excluding carboxylic acids is 1. The SMILES string of the molecule is C#CCNC(=O)c1cncc(C)c1. The van der Waals surface area contributed by atoms with Gasteiger partial charge >= 0.3 is 0 Å². The summed E-state index contributed by atoms with van der Waals surface area (Å²) in [6.45, 7) is 2.12. The summed E-state index contributed by atoms with van der Waals surface area (Å²) in [4.78, 5) is 15.2. The van der Waals surface area contributed by atoms with E-state index in [-0.39, 0.29) is 12.5 Å². The van der Waals surface area contributed by atoms with Crippen LogP contribution in [0.15, 0.2) is 18.5 Å². The fourth-order valence-corrected chi connectivity index (χ4v) is 0.913. The van der Waals surface area contributed by atoms with E-state index in [1.165, 1.54) is 6.20 Å². The number of nitrogens with one attached hydrogen (secondary N) is 1. The van der Waals surface area contributed by atoms with Crippen LogP contribution in [0.4, 0.5) is 0 Å². The topological polar surface area (TPSA) is 42.0 Å². The molecular weight excluding hydrogens is 164 g/mol. The van der Waals surface area contributed by atoms with Crippen molar-refractivity contribution in [3.8, 4) is 12.3 Å². The van der Waals surface area contributed by atoms with Gasteiger partial charge in [0.15, 0.2) is 0 Å². The molecule has 0 aromatic carbocycles. The highest BCUT2D eigenvalue weighted by Gasteiger charge is 2.03. The minimum Gasteiger partial charge on any atom is -0.341 e. The molecule has 0 unspecified atom stereocenters. The number of hydrogen-bond acceptors (Lipinski definition) is 2. The molecule has 0 fully saturated rings. The zero-order valence-corrected chi connectivity index (χ0v) is 7.37. The van der Waals surface area contributed by atoms with Gasteiger partial charge in [-0.2, -0.15) is 0 Å². The number of aromatic nitrogens is 1. The average Bonchev–Trinajstić information content (AvgIpc) is 2.14. The van der Waals surface area contributed by atoms with Crippen LogP contribution < -0.4 is 5.32 Å². The van der Waals surface area contributed by atoms with Crippen LogP contribution in [0.3, 0.4) is 0 Å². The van der Waals surface area contributed by atoms with Crippen molar-refractivity contribution in [2.24, 2.45) is 0 Å². The predicted molar refractivity (Wildman–Crippen MR) is 50.1 cm³/mol. The second-order valence-corrected chi connectivity index (χ2v) is 2.64. The number of amides is 1. The largest absolute Gasteiger partial charge is 0.341 e. The van der Waals surface area contributed by atoms with Crippen molar-refractivity contribution in [1.82, 2.24) is 10.3 Å². The highest BCUT2D eigenvalue weighted by molar-refractivity contribution is 5.94. The Hall–Kier alpha value is -1.82. The first kappa shape index (κ1) is 9.27. The smallest absolute Gasteiger partial charge is 0.253 e. The van der Waals surface area contributed by atoms with Crippen molar-refractivity contribution in [1.29, 1.82) is 0 Å². The van der Waals surface area contributed by atoms with E-state index in [0.29, 0.717) is 5.56 Å². The van der Waals surface area contributed by atoms with Gasteiger partial charge < -0.3 is 5.32 Å². The Morgan fingerprint density at radius 2 is 2.46 bits per heavy atom. The molecule has 1 aromatic rings. The summed E-state index contributed by atoms with van der Waals surface area (Å²) in [7, 11) is 0. The molecule has 0 bridgehead atoms. The lowest BCUT2D eigenvalue weighted by molar-refractivity contribution is 0.0958. The summed E-state index contributed by atoms with van der Waals surface area (Å²) < 4.78 is 0. The van der Waals surface area contributed by atoms with E-state index in [1.54, 1.807) is 12.3 Å². The summed E-state index contributed by atoms with van der Waals surface area (Å²) in [5.41, 5.74) is 1.49. The number of carbonyl (C=O) groups is 1. The van der Waals surface area contributed by atoms with E-state index in [9.17, 15) is 4.79 Å². The number of hydrogen-bond donors (Lipinski definition) is 1. The Balaban J connectivity index is 2.72. The molecule has 1 rings (SSSR count). The van der Waals surface area contributed by atoms with Crippen LogP contribution >= 0.6 is 0 Å². The zero-order valence-electron chi connectivity index (χ0n) is 7.37. The fraction of sp³-hybridized carbons (Fsp3) is 0.200. The van der Waals surface area contributed by atoms with E-state index in [0.717, 1.165) is 5.56 Å². The standard InChI is InChI=1S/C10H10N2O/c1-3-4-12-10(13)9-5-8(2)6-11-7-9/h1,5-7H,4H2,2H3,(H,12,13). The maximum absolute atomic E-state index is 11.3. The number of aryl methyl sites for hydroxylation is 1. The summed E-state index contributed by atoms with van der Waals surface area (Å²) in [6, 6.07) is 1.76. The van der Waals surface area contributed by atoms with Crippen molar-refractivity contribution in [2.45, 2.75) is 6.92 Å². The van der Waals surface area contributed by atoms with E-state index in [1.807, 2.05) is 6.92 Å². The van der Waals surface area contributed by atoms with Gasteiger partial charge in [0.1, 0.15) is 0 Å². The summed E-state index contributed by atoms with van der Waals surface area (Å²) in [5.74, 6) is 2.14. The summed E-state index contributed by atoms with van der Waals surface area (Å²) >= 11 is 0. The van der Waals surface area contributed by atoms with Crippen LogP contribution in [-0.4, -0.2) is 17.4 Å². The molecule has 1 heterocycles. The van der Waals surface area contributed by atoms with Crippen molar-refractivity contribution >= 4 is 5.91 Å². The minimum atomic E-state index is -0.186. The maximum atomic E-state index is 11.3. The Labute approximate surface area is 77.2 Å². The lowest BCUT2D eigenvalue weighted by atomic mass is 10.2. The molecule has 3 heteroatoms. The van der Waals surface area contributed by atoms with Gasteiger partial charge in [0.2, 0.25) is 0 Å². The zero-order chi connectivity index (χ0) is 9.68. The van der Waals surface area contributed by atoms with Gasteiger partial charge in [-0.15, -0.1) is 6.42 Å². The normalized spacial score (nSPS) is 8.92. The quantitative estimate of drug-likeness (QED) is 0.672. The molecule has 0 saturated carbocycles. The molecule has 1 N–H and O–H groups in total. The molecule has 0 aliphatic heterocycles. The van der Waals surface area contributed by atoms with Crippen molar-refractivity contribution in [3.05, 3.63) is 29.6 Å². The molecular formula is C10H10N2O. The molecule has 0 atom stereocenters. The number of nitrogens with zero attached hydrogens (tertiary/aromatic N) is 1. The van der Waals surface area contributed by atoms with E-state index in [4.69, 9.17) is 6.42 Å². The molecule has 0 aliphatic rings. The highest BCUT2D eigenvalue weighted by Crippen LogP contribution is 2.00. The molecule has 3 nitrogen and oxygen atoms in total. The summed E-state index contributed by atoms with van der Waals surface area (Å²) in [5, 5.41) is 2.56.